The van der Waals surface area contributed by atoms with Crippen LogP contribution in [0.4, 0.5) is 5.69 Å². The van der Waals surface area contributed by atoms with E-state index in [9.17, 15) is 4.79 Å². The summed E-state index contributed by atoms with van der Waals surface area (Å²) in [6, 6.07) is 3.90. The number of amides is 1. The van der Waals surface area contributed by atoms with E-state index in [2.05, 4.69) is 26.1 Å². The molecular weight excluding hydrogens is 353 g/mol. The quantitative estimate of drug-likeness (QED) is 0.736. The second-order valence-electron chi connectivity index (χ2n) is 5.63. The Bertz CT molecular complexity index is 468. The molecule has 1 radical (unpaired) electrons. The first-order valence-electron chi connectivity index (χ1n) is 7.71. The maximum atomic E-state index is 12.4. The molecule has 0 unspecified atom stereocenters. The Morgan fingerprint density at radius 3 is 1.91 bits per heavy atom. The van der Waals surface area contributed by atoms with Crippen molar-refractivity contribution in [2.24, 2.45) is 0 Å². The van der Waals surface area contributed by atoms with Crippen molar-refractivity contribution in [3.63, 3.8) is 0 Å². The van der Waals surface area contributed by atoms with E-state index in [1.165, 1.54) is 0 Å². The molecule has 0 aromatic heterocycles. The first-order chi connectivity index (χ1) is 9.91. The van der Waals surface area contributed by atoms with E-state index in [4.69, 9.17) is 4.74 Å². The molecule has 1 aromatic rings. The van der Waals surface area contributed by atoms with Gasteiger partial charge in [0.05, 0.1) is 26.7 Å². The molecule has 1 aromatic carbocycles. The minimum Gasteiger partial charge on any atom is -0.497 e. The summed E-state index contributed by atoms with van der Waals surface area (Å²) in [5, 5.41) is 3.08. The molecule has 4 nitrogen and oxygen atoms in total. The van der Waals surface area contributed by atoms with Crippen LogP contribution in [0.2, 0.25) is 0 Å². The van der Waals surface area contributed by atoms with Crippen LogP contribution in [0.15, 0.2) is 12.1 Å². The van der Waals surface area contributed by atoms with Gasteiger partial charge in [0.15, 0.2) is 6.54 Å². The predicted octanol–water partition coefficient (Wildman–Crippen LogP) is 3.12. The van der Waals surface area contributed by atoms with E-state index in [1.807, 2.05) is 26.0 Å². The number of quaternary nitrogens is 1. The largest absolute Gasteiger partial charge is 0.497 e. The predicted molar refractivity (Wildman–Crippen MR) is 87.8 cm³/mol. The molecule has 1 rings (SSSR count). The Labute approximate surface area is 160 Å². The number of nitrogens with zero attached hydrogens (tertiary/aromatic N) is 1. The van der Waals surface area contributed by atoms with Crippen molar-refractivity contribution in [1.82, 2.24) is 0 Å². The van der Waals surface area contributed by atoms with Gasteiger partial charge in [-0.3, -0.25) is 4.79 Å². The van der Waals surface area contributed by atoms with Crippen LogP contribution in [0, 0.1) is 13.8 Å². The van der Waals surface area contributed by atoms with Crippen molar-refractivity contribution in [3.05, 3.63) is 23.3 Å². The third kappa shape index (κ3) is 5.33. The molecule has 0 bridgehead atoms. The first kappa shape index (κ1) is 21.6. The zero-order valence-electron chi connectivity index (χ0n) is 14.8. The average molecular weight is 382 g/mol. The minimum absolute atomic E-state index is 0. The van der Waals surface area contributed by atoms with Crippen molar-refractivity contribution < 1.29 is 46.7 Å². The van der Waals surface area contributed by atoms with Crippen molar-refractivity contribution in [3.8, 4) is 5.75 Å². The summed E-state index contributed by atoms with van der Waals surface area (Å²) < 4.78 is 6.07. The fourth-order valence-corrected chi connectivity index (χ4v) is 2.73. The molecule has 22 heavy (non-hydrogen) atoms. The Morgan fingerprint density at radius 2 is 1.55 bits per heavy atom. The number of hydrogen-bond donors (Lipinski definition) is 1. The van der Waals surface area contributed by atoms with Crippen LogP contribution in [0.25, 0.3) is 0 Å². The van der Waals surface area contributed by atoms with Gasteiger partial charge in [-0.25, -0.2) is 0 Å². The molecule has 0 heterocycles. The van der Waals surface area contributed by atoms with Crippen LogP contribution in [-0.4, -0.2) is 43.7 Å². The standard InChI is InChI=1S/C17H28N2O2.Y/c1-7-19(8-2,9-3)12-16(20)18-17-13(4)10-15(21-6)11-14(17)5;/h10-11H,7-9,12H2,1-6H3;/p+1. The molecule has 0 atom stereocenters. The smallest absolute Gasteiger partial charge is 0.279 e. The van der Waals surface area contributed by atoms with Crippen LogP contribution in [0.1, 0.15) is 31.9 Å². The third-order valence-electron chi connectivity index (χ3n) is 4.50. The maximum Gasteiger partial charge on any atom is 0.279 e. The first-order valence-corrected chi connectivity index (χ1v) is 7.71. The molecule has 0 aliphatic heterocycles. The number of rotatable bonds is 7. The maximum absolute atomic E-state index is 12.4. The van der Waals surface area contributed by atoms with E-state index in [0.29, 0.717) is 6.54 Å². The molecule has 0 fully saturated rings. The monoisotopic (exact) mass is 382 g/mol. The van der Waals surface area contributed by atoms with E-state index in [0.717, 1.165) is 46.7 Å². The molecule has 5 heteroatoms. The average Bonchev–Trinajstić information content (AvgIpc) is 2.48. The molecule has 1 amide bonds. The minimum atomic E-state index is 0. The summed E-state index contributed by atoms with van der Waals surface area (Å²) >= 11 is 0. The van der Waals surface area contributed by atoms with Crippen LogP contribution >= 0.6 is 0 Å². The Hall–Kier alpha value is -0.446. The van der Waals surface area contributed by atoms with E-state index in [1.54, 1.807) is 7.11 Å². The van der Waals surface area contributed by atoms with Gasteiger partial charge in [-0.1, -0.05) is 0 Å². The van der Waals surface area contributed by atoms with E-state index < -0.39 is 0 Å². The van der Waals surface area contributed by atoms with Gasteiger partial charge in [0, 0.05) is 38.4 Å². The fraction of sp³-hybridized carbons (Fsp3) is 0.588. The number of ether oxygens (including phenoxy) is 1. The number of aryl methyl sites for hydroxylation is 2. The molecular formula is C17H29N2O2Y+. The van der Waals surface area contributed by atoms with E-state index >= 15 is 0 Å². The van der Waals surface area contributed by atoms with Gasteiger partial charge >= 0.3 is 0 Å². The number of benzene rings is 1. The van der Waals surface area contributed by atoms with Crippen LogP contribution in [-0.2, 0) is 37.5 Å². The molecule has 0 spiro atoms. The number of nitrogens with one attached hydrogen (secondary N) is 1. The van der Waals surface area contributed by atoms with Crippen molar-refractivity contribution in [1.29, 1.82) is 0 Å². The molecule has 0 aliphatic rings. The van der Waals surface area contributed by atoms with Gasteiger partial charge in [0.2, 0.25) is 0 Å². The number of likely N-dealkylation sites (N-methyl/N-ethyl adjacent to an activating group) is 1. The van der Waals surface area contributed by atoms with Gasteiger partial charge in [-0.05, 0) is 57.9 Å². The summed E-state index contributed by atoms with van der Waals surface area (Å²) in [6.07, 6.45) is 0. The summed E-state index contributed by atoms with van der Waals surface area (Å²) in [4.78, 5) is 12.4. The van der Waals surface area contributed by atoms with Crippen LogP contribution in [0.5, 0.6) is 5.75 Å². The number of hydrogen-bond acceptors (Lipinski definition) is 2. The number of methoxy groups -OCH3 is 1. The zero-order valence-corrected chi connectivity index (χ0v) is 17.7. The number of carbonyl (C=O) groups is 1. The molecule has 121 valence electrons. The molecule has 0 saturated heterocycles. The van der Waals surface area contributed by atoms with Crippen molar-refractivity contribution in [2.75, 3.05) is 38.6 Å². The summed E-state index contributed by atoms with van der Waals surface area (Å²) in [5.41, 5.74) is 2.97. The molecule has 1 N–H and O–H groups in total. The normalized spacial score (nSPS) is 10.8. The SMILES string of the molecule is CC[N+](CC)(CC)CC(=O)Nc1c(C)cc(OC)cc1C.[Y]. The fourth-order valence-electron chi connectivity index (χ4n) is 2.73. The van der Waals surface area contributed by atoms with Gasteiger partial charge in [0.25, 0.3) is 5.91 Å². The topological polar surface area (TPSA) is 38.3 Å². The van der Waals surface area contributed by atoms with Crippen molar-refractivity contribution >= 4 is 11.6 Å². The number of anilines is 1. The van der Waals surface area contributed by atoms with Crippen LogP contribution in [0.3, 0.4) is 0 Å². The zero-order chi connectivity index (χ0) is 16.0. The van der Waals surface area contributed by atoms with Crippen LogP contribution < -0.4 is 10.1 Å². The van der Waals surface area contributed by atoms with E-state index in [-0.39, 0.29) is 38.6 Å². The van der Waals surface area contributed by atoms with Gasteiger partial charge < -0.3 is 14.5 Å². The Morgan fingerprint density at radius 1 is 1.09 bits per heavy atom. The molecule has 0 saturated carbocycles. The summed E-state index contributed by atoms with van der Waals surface area (Å²) in [7, 11) is 1.65. The summed E-state index contributed by atoms with van der Waals surface area (Å²) in [6.45, 7) is 13.9. The Balaban J connectivity index is 0.00000441. The second kappa shape index (κ2) is 9.64. The van der Waals surface area contributed by atoms with Gasteiger partial charge in [-0.2, -0.15) is 0 Å². The number of carbonyl (C=O) groups excluding carboxylic acids is 1. The van der Waals surface area contributed by atoms with Crippen molar-refractivity contribution in [2.45, 2.75) is 34.6 Å². The summed E-state index contributed by atoms with van der Waals surface area (Å²) in [5.74, 6) is 0.903. The third-order valence-corrected chi connectivity index (χ3v) is 4.50. The van der Waals surface area contributed by atoms with Gasteiger partial charge in [-0.15, -0.1) is 0 Å². The molecule has 0 aliphatic carbocycles. The van der Waals surface area contributed by atoms with Gasteiger partial charge in [0.1, 0.15) is 5.75 Å². The Kier molecular flexibility index (Phi) is 9.44. The second-order valence-corrected chi connectivity index (χ2v) is 5.63.